The van der Waals surface area contributed by atoms with Crippen molar-refractivity contribution in [2.45, 2.75) is 15.9 Å². The van der Waals surface area contributed by atoms with Gasteiger partial charge in [-0.15, -0.1) is 23.2 Å². The highest BCUT2D eigenvalue weighted by atomic mass is 35.5. The SMILES string of the molecule is O=C(CN1C(=O)[C@H]2[C@H](C1=O)C1(Cl)c3ccccc3C2(Cl)c2ccccc21)Nc1ccccc1C(F)(F)F. The lowest BCUT2D eigenvalue weighted by Gasteiger charge is -2.54. The van der Waals surface area contributed by atoms with Crippen LogP contribution in [0.4, 0.5) is 18.9 Å². The molecule has 3 aromatic carbocycles. The Hall–Kier alpha value is -3.36. The first-order valence-corrected chi connectivity index (χ1v) is 12.2. The number of para-hydroxylation sites is 1. The zero-order valence-corrected chi connectivity index (χ0v) is 20.4. The molecule has 1 fully saturated rings. The summed E-state index contributed by atoms with van der Waals surface area (Å²) >= 11 is 14.6. The van der Waals surface area contributed by atoms with Crippen LogP contribution in [0.3, 0.4) is 0 Å². The van der Waals surface area contributed by atoms with Crippen LogP contribution in [-0.4, -0.2) is 29.2 Å². The number of imide groups is 1. The van der Waals surface area contributed by atoms with Gasteiger partial charge in [0.15, 0.2) is 0 Å². The molecule has 37 heavy (non-hydrogen) atoms. The van der Waals surface area contributed by atoms with Crippen molar-refractivity contribution in [1.82, 2.24) is 4.90 Å². The van der Waals surface area contributed by atoms with E-state index in [1.165, 1.54) is 12.1 Å². The lowest BCUT2D eigenvalue weighted by molar-refractivity contribution is -0.143. The van der Waals surface area contributed by atoms with Crippen LogP contribution in [-0.2, 0) is 30.3 Å². The van der Waals surface area contributed by atoms with Crippen LogP contribution in [0.1, 0.15) is 27.8 Å². The third-order valence-electron chi connectivity index (χ3n) is 7.48. The van der Waals surface area contributed by atoms with Gasteiger partial charge in [-0.25, -0.2) is 0 Å². The van der Waals surface area contributed by atoms with Crippen LogP contribution in [0.15, 0.2) is 72.8 Å². The number of nitrogens with zero attached hydrogens (tertiary/aromatic N) is 1. The van der Waals surface area contributed by atoms with Gasteiger partial charge in [0.1, 0.15) is 16.3 Å². The summed E-state index contributed by atoms with van der Waals surface area (Å²) in [6, 6.07) is 18.6. The smallest absolute Gasteiger partial charge is 0.324 e. The largest absolute Gasteiger partial charge is 0.418 e. The molecule has 10 heteroatoms. The number of alkyl halides is 5. The number of hydrogen-bond acceptors (Lipinski definition) is 3. The number of halogens is 5. The fourth-order valence-electron chi connectivity index (χ4n) is 6.05. The average Bonchev–Trinajstić information content (AvgIpc) is 3.13. The highest BCUT2D eigenvalue weighted by Gasteiger charge is 2.73. The van der Waals surface area contributed by atoms with Gasteiger partial charge < -0.3 is 5.32 Å². The van der Waals surface area contributed by atoms with Crippen LogP contribution < -0.4 is 5.32 Å². The number of anilines is 1. The Labute approximate surface area is 219 Å². The van der Waals surface area contributed by atoms with Crippen molar-refractivity contribution in [1.29, 1.82) is 0 Å². The normalized spacial score (nSPS) is 27.5. The molecule has 0 spiro atoms. The van der Waals surface area contributed by atoms with Gasteiger partial charge in [-0.1, -0.05) is 60.7 Å². The van der Waals surface area contributed by atoms with E-state index in [-0.39, 0.29) is 0 Å². The molecule has 3 amide bonds. The van der Waals surface area contributed by atoms with Crippen molar-refractivity contribution in [3.63, 3.8) is 0 Å². The Morgan fingerprint density at radius 1 is 0.784 bits per heavy atom. The molecule has 1 aliphatic heterocycles. The van der Waals surface area contributed by atoms with Gasteiger partial charge >= 0.3 is 6.18 Å². The van der Waals surface area contributed by atoms with Gasteiger partial charge in [-0.05, 0) is 34.4 Å². The van der Waals surface area contributed by atoms with Crippen molar-refractivity contribution >= 4 is 46.6 Å². The summed E-state index contributed by atoms with van der Waals surface area (Å²) in [4.78, 5) is 38.2. The van der Waals surface area contributed by atoms with Crippen LogP contribution in [0, 0.1) is 11.8 Å². The lowest BCUT2D eigenvalue weighted by Crippen LogP contribution is -2.57. The lowest BCUT2D eigenvalue weighted by atomic mass is 9.54. The maximum absolute atomic E-state index is 13.7. The van der Waals surface area contributed by atoms with E-state index in [4.69, 9.17) is 23.2 Å². The van der Waals surface area contributed by atoms with E-state index in [1.807, 2.05) is 0 Å². The summed E-state index contributed by atoms with van der Waals surface area (Å²) in [5.74, 6) is -4.54. The summed E-state index contributed by atoms with van der Waals surface area (Å²) in [5.41, 5.74) is 0.922. The second-order valence-corrected chi connectivity index (χ2v) is 10.5. The molecule has 1 N–H and O–H groups in total. The van der Waals surface area contributed by atoms with E-state index >= 15 is 0 Å². The van der Waals surface area contributed by atoms with Gasteiger partial charge in [-0.3, -0.25) is 19.3 Å². The van der Waals surface area contributed by atoms with Crippen LogP contribution in [0.25, 0.3) is 0 Å². The molecule has 4 aliphatic rings. The second-order valence-electron chi connectivity index (χ2n) is 9.32. The molecule has 0 unspecified atom stereocenters. The van der Waals surface area contributed by atoms with E-state index in [2.05, 4.69) is 5.32 Å². The van der Waals surface area contributed by atoms with Crippen LogP contribution >= 0.6 is 23.2 Å². The predicted octanol–water partition coefficient (Wildman–Crippen LogP) is 5.24. The number of likely N-dealkylation sites (tertiary alicyclic amines) is 1. The van der Waals surface area contributed by atoms with Crippen molar-refractivity contribution < 1.29 is 27.6 Å². The van der Waals surface area contributed by atoms with Gasteiger partial charge in [0.25, 0.3) is 0 Å². The molecule has 2 atom stereocenters. The fraction of sp³-hybridized carbons (Fsp3) is 0.222. The minimum atomic E-state index is -4.70. The Morgan fingerprint density at radius 3 is 1.62 bits per heavy atom. The van der Waals surface area contributed by atoms with E-state index in [0.29, 0.717) is 22.3 Å². The predicted molar refractivity (Wildman–Crippen MR) is 130 cm³/mol. The first-order valence-electron chi connectivity index (χ1n) is 11.4. The van der Waals surface area contributed by atoms with E-state index in [0.717, 1.165) is 17.0 Å². The Morgan fingerprint density at radius 2 is 1.19 bits per heavy atom. The highest BCUT2D eigenvalue weighted by molar-refractivity contribution is 6.36. The van der Waals surface area contributed by atoms with Gasteiger partial charge in [0.05, 0.1) is 23.1 Å². The van der Waals surface area contributed by atoms with Gasteiger partial charge in [0.2, 0.25) is 17.7 Å². The number of rotatable bonds is 3. The number of amides is 3. The molecule has 7 rings (SSSR count). The third-order valence-corrected chi connectivity index (χ3v) is 8.77. The zero-order valence-electron chi connectivity index (χ0n) is 18.9. The topological polar surface area (TPSA) is 66.5 Å². The molecular weight excluding hydrogens is 528 g/mol. The first-order chi connectivity index (χ1) is 17.5. The fourth-order valence-corrected chi connectivity index (χ4v) is 7.15. The third kappa shape index (κ3) is 3.09. The minimum absolute atomic E-state index is 0.473. The Kier molecular flexibility index (Phi) is 5.07. The molecule has 5 nitrogen and oxygen atoms in total. The molecule has 1 heterocycles. The zero-order chi connectivity index (χ0) is 26.3. The van der Waals surface area contributed by atoms with Crippen molar-refractivity contribution in [2.75, 3.05) is 11.9 Å². The number of nitrogens with one attached hydrogen (secondary N) is 1. The molecule has 3 aromatic rings. The maximum atomic E-state index is 13.7. The van der Waals surface area contributed by atoms with Crippen molar-refractivity contribution in [2.24, 2.45) is 11.8 Å². The molecule has 3 aliphatic carbocycles. The minimum Gasteiger partial charge on any atom is -0.324 e. The standard InChI is InChI=1S/C27H17Cl2F3N2O3/c28-25-14-7-1-2-8-15(14)26(29,17-10-4-3-9-16(17)25)22-21(25)23(36)34(24(22)37)13-20(35)33-19-12-6-5-11-18(19)27(30,31)32/h1-12,21-22H,13H2,(H,33,35)/t21-,22-,25?,26?/m1/s1. The van der Waals surface area contributed by atoms with Gasteiger partial charge in [-0.2, -0.15) is 13.2 Å². The molecule has 1 saturated heterocycles. The number of carbonyl (C=O) groups is 3. The average molecular weight is 545 g/mol. The van der Waals surface area contributed by atoms with Crippen molar-refractivity contribution in [3.8, 4) is 0 Å². The molecular formula is C27H17Cl2F3N2O3. The van der Waals surface area contributed by atoms with Crippen LogP contribution in [0.5, 0.6) is 0 Å². The van der Waals surface area contributed by atoms with E-state index < -0.39 is 63.3 Å². The summed E-state index contributed by atoms with van der Waals surface area (Å²) in [6.07, 6.45) is -4.70. The maximum Gasteiger partial charge on any atom is 0.418 e. The summed E-state index contributed by atoms with van der Waals surface area (Å²) in [5, 5.41) is 2.19. The molecule has 0 aromatic heterocycles. The van der Waals surface area contributed by atoms with Crippen LogP contribution in [0.2, 0.25) is 0 Å². The van der Waals surface area contributed by atoms with E-state index in [1.54, 1.807) is 48.5 Å². The molecule has 2 bridgehead atoms. The first kappa shape index (κ1) is 24.0. The Bertz CT molecular complexity index is 1380. The quantitative estimate of drug-likeness (QED) is 0.362. The number of benzene rings is 3. The Balaban J connectivity index is 1.39. The monoisotopic (exact) mass is 544 g/mol. The van der Waals surface area contributed by atoms with E-state index in [9.17, 15) is 27.6 Å². The van der Waals surface area contributed by atoms with Gasteiger partial charge in [0, 0.05) is 0 Å². The summed E-state index contributed by atoms with van der Waals surface area (Å²) in [6.45, 7) is -0.774. The molecule has 188 valence electrons. The van der Waals surface area contributed by atoms with Crippen molar-refractivity contribution in [3.05, 3.63) is 101 Å². The number of carbonyl (C=O) groups excluding carboxylic acids is 3. The molecule has 0 saturated carbocycles. The summed E-state index contributed by atoms with van der Waals surface area (Å²) in [7, 11) is 0. The second kappa shape index (κ2) is 7.82. The number of hydrogen-bond donors (Lipinski definition) is 1. The highest BCUT2D eigenvalue weighted by Crippen LogP contribution is 2.69. The molecule has 0 radical (unpaired) electrons. The summed E-state index contributed by atoms with van der Waals surface area (Å²) < 4.78 is 40.1.